The Morgan fingerprint density at radius 3 is 2.33 bits per heavy atom. The quantitative estimate of drug-likeness (QED) is 0.677. The molecule has 142 valence electrons. The molecule has 1 saturated heterocycles. The minimum absolute atomic E-state index is 0.443. The van der Waals surface area contributed by atoms with Crippen molar-refractivity contribution in [1.82, 2.24) is 19.4 Å². The topological polar surface area (TPSA) is 24.3 Å². The summed E-state index contributed by atoms with van der Waals surface area (Å²) in [6.07, 6.45) is 0. The summed E-state index contributed by atoms with van der Waals surface area (Å²) in [5.41, 5.74) is 3.73. The number of rotatable bonds is 5. The average Bonchev–Trinajstić information content (AvgIpc) is 3.01. The molecule has 6 heteroatoms. The number of piperazine rings is 1. The number of para-hydroxylation sites is 2. The molecule has 0 unspecified atom stereocenters. The summed E-state index contributed by atoms with van der Waals surface area (Å²) in [7, 11) is 0. The normalized spacial score (nSPS) is 16.4. The van der Waals surface area contributed by atoms with Gasteiger partial charge < -0.3 is 0 Å². The Bertz CT molecular complexity index is 913. The van der Waals surface area contributed by atoms with Gasteiger partial charge in [0.05, 0.1) is 17.6 Å². The van der Waals surface area contributed by atoms with Crippen LogP contribution in [0.25, 0.3) is 11.0 Å². The van der Waals surface area contributed by atoms with Crippen molar-refractivity contribution in [1.29, 1.82) is 0 Å². The van der Waals surface area contributed by atoms with Crippen molar-refractivity contribution in [3.8, 4) is 0 Å². The van der Waals surface area contributed by atoms with E-state index in [9.17, 15) is 8.78 Å². The smallest absolute Gasteiger partial charge is 0.297 e. The van der Waals surface area contributed by atoms with Gasteiger partial charge in [-0.2, -0.15) is 8.78 Å². The molecular formula is C21H24F2N4. The molecule has 1 aliphatic heterocycles. The van der Waals surface area contributed by atoms with Crippen LogP contribution in [0.15, 0.2) is 48.5 Å². The van der Waals surface area contributed by atoms with Crippen LogP contribution in [-0.4, -0.2) is 45.5 Å². The van der Waals surface area contributed by atoms with Crippen molar-refractivity contribution in [2.45, 2.75) is 26.6 Å². The first kappa shape index (κ1) is 18.1. The lowest BCUT2D eigenvalue weighted by molar-refractivity contribution is 0.0644. The molecule has 27 heavy (non-hydrogen) atoms. The monoisotopic (exact) mass is 370 g/mol. The number of hydrogen-bond acceptors (Lipinski definition) is 3. The van der Waals surface area contributed by atoms with Gasteiger partial charge in [0.2, 0.25) is 0 Å². The van der Waals surface area contributed by atoms with Crippen LogP contribution in [0.2, 0.25) is 0 Å². The summed E-state index contributed by atoms with van der Waals surface area (Å²) < 4.78 is 28.2. The van der Waals surface area contributed by atoms with Gasteiger partial charge in [-0.1, -0.05) is 42.0 Å². The third-order valence-corrected chi connectivity index (χ3v) is 5.18. The van der Waals surface area contributed by atoms with Gasteiger partial charge in [0, 0.05) is 32.7 Å². The lowest BCUT2D eigenvalue weighted by Crippen LogP contribution is -2.45. The summed E-state index contributed by atoms with van der Waals surface area (Å²) in [5, 5.41) is 0. The van der Waals surface area contributed by atoms with E-state index in [0.29, 0.717) is 23.4 Å². The summed E-state index contributed by atoms with van der Waals surface area (Å²) in [5.74, 6) is 0.443. The van der Waals surface area contributed by atoms with Crippen molar-refractivity contribution in [2.24, 2.45) is 0 Å². The third kappa shape index (κ3) is 4.01. The number of aryl methyl sites for hydroxylation is 1. The maximum absolute atomic E-state index is 13.6. The predicted molar refractivity (Wildman–Crippen MR) is 103 cm³/mol. The molecule has 0 radical (unpaired) electrons. The number of alkyl halides is 2. The Balaban J connectivity index is 1.41. The molecule has 2 aromatic carbocycles. The van der Waals surface area contributed by atoms with E-state index in [4.69, 9.17) is 0 Å². The molecule has 0 aliphatic carbocycles. The second-order valence-electron chi connectivity index (χ2n) is 7.21. The molecule has 0 bridgehead atoms. The number of imidazole rings is 1. The van der Waals surface area contributed by atoms with E-state index in [1.54, 1.807) is 18.2 Å². The first-order valence-corrected chi connectivity index (χ1v) is 9.34. The molecule has 0 amide bonds. The molecule has 1 aromatic heterocycles. The molecular weight excluding hydrogens is 346 g/mol. The maximum atomic E-state index is 13.6. The Kier molecular flexibility index (Phi) is 5.18. The van der Waals surface area contributed by atoms with Crippen LogP contribution in [0, 0.1) is 6.92 Å². The molecule has 4 rings (SSSR count). The van der Waals surface area contributed by atoms with Gasteiger partial charge in [-0.05, 0) is 24.6 Å². The fraction of sp³-hybridized carbons (Fsp3) is 0.381. The third-order valence-electron chi connectivity index (χ3n) is 5.18. The summed E-state index contributed by atoms with van der Waals surface area (Å²) in [6, 6.07) is 15.7. The number of benzene rings is 2. The number of fused-ring (bicyclic) bond motifs is 1. The van der Waals surface area contributed by atoms with Gasteiger partial charge >= 0.3 is 6.55 Å². The lowest BCUT2D eigenvalue weighted by Gasteiger charge is -2.34. The molecule has 2 heterocycles. The van der Waals surface area contributed by atoms with Crippen molar-refractivity contribution in [3.63, 3.8) is 0 Å². The van der Waals surface area contributed by atoms with Crippen LogP contribution in [0.5, 0.6) is 0 Å². The van der Waals surface area contributed by atoms with E-state index in [0.717, 1.165) is 37.3 Å². The minimum atomic E-state index is -2.57. The highest BCUT2D eigenvalue weighted by molar-refractivity contribution is 5.75. The van der Waals surface area contributed by atoms with Crippen LogP contribution < -0.4 is 0 Å². The number of hydrogen-bond donors (Lipinski definition) is 0. The highest BCUT2D eigenvalue weighted by atomic mass is 19.3. The zero-order valence-electron chi connectivity index (χ0n) is 15.5. The van der Waals surface area contributed by atoms with Crippen LogP contribution in [-0.2, 0) is 13.1 Å². The van der Waals surface area contributed by atoms with Gasteiger partial charge in [-0.25, -0.2) is 4.98 Å². The zero-order valence-corrected chi connectivity index (χ0v) is 15.5. The molecule has 0 atom stereocenters. The van der Waals surface area contributed by atoms with Crippen LogP contribution in [0.4, 0.5) is 8.78 Å². The molecule has 1 fully saturated rings. The van der Waals surface area contributed by atoms with E-state index in [2.05, 4.69) is 46.0 Å². The minimum Gasteiger partial charge on any atom is -0.297 e. The first-order chi connectivity index (χ1) is 13.1. The first-order valence-electron chi connectivity index (χ1n) is 9.34. The number of halogens is 2. The predicted octanol–water partition coefficient (Wildman–Crippen LogP) is 4.06. The Labute approximate surface area is 158 Å². The van der Waals surface area contributed by atoms with E-state index < -0.39 is 6.55 Å². The average molecular weight is 370 g/mol. The SMILES string of the molecule is Cc1cccc(CN2CCN(Cc3nc4ccccc4n3C(F)F)CC2)c1. The summed E-state index contributed by atoms with van der Waals surface area (Å²) in [4.78, 5) is 9.09. The molecule has 0 saturated carbocycles. The second-order valence-corrected chi connectivity index (χ2v) is 7.21. The van der Waals surface area contributed by atoms with Gasteiger partial charge in [0.25, 0.3) is 0 Å². The van der Waals surface area contributed by atoms with Gasteiger partial charge in [0.15, 0.2) is 0 Å². The van der Waals surface area contributed by atoms with Crippen molar-refractivity contribution in [2.75, 3.05) is 26.2 Å². The molecule has 0 spiro atoms. The van der Waals surface area contributed by atoms with E-state index in [1.807, 2.05) is 6.07 Å². The highest BCUT2D eigenvalue weighted by Crippen LogP contribution is 2.24. The summed E-state index contributed by atoms with van der Waals surface area (Å²) in [6.45, 7) is 4.51. The Hall–Kier alpha value is -2.31. The number of nitrogens with zero attached hydrogens (tertiary/aromatic N) is 4. The highest BCUT2D eigenvalue weighted by Gasteiger charge is 2.22. The van der Waals surface area contributed by atoms with Crippen LogP contribution in [0.3, 0.4) is 0 Å². The van der Waals surface area contributed by atoms with Crippen molar-refractivity contribution < 1.29 is 8.78 Å². The van der Waals surface area contributed by atoms with Gasteiger partial charge in [-0.15, -0.1) is 0 Å². The molecule has 3 aromatic rings. The van der Waals surface area contributed by atoms with E-state index in [-0.39, 0.29) is 0 Å². The van der Waals surface area contributed by atoms with Gasteiger partial charge in [0.1, 0.15) is 5.82 Å². The Morgan fingerprint density at radius 1 is 0.926 bits per heavy atom. The maximum Gasteiger partial charge on any atom is 0.320 e. The number of aromatic nitrogens is 2. The second kappa shape index (κ2) is 7.74. The lowest BCUT2D eigenvalue weighted by atomic mass is 10.1. The molecule has 0 N–H and O–H groups in total. The molecule has 4 nitrogen and oxygen atoms in total. The van der Waals surface area contributed by atoms with Gasteiger partial charge in [-0.3, -0.25) is 14.4 Å². The zero-order chi connectivity index (χ0) is 18.8. The largest absolute Gasteiger partial charge is 0.320 e. The standard InChI is InChI=1S/C21H24F2N4/c1-16-5-4-6-17(13-16)14-25-9-11-26(12-10-25)15-20-24-18-7-2-3-8-19(18)27(20)21(22)23/h2-8,13,21H,9-12,14-15H2,1H3. The fourth-order valence-corrected chi connectivity index (χ4v) is 3.80. The van der Waals surface area contributed by atoms with E-state index in [1.165, 1.54) is 11.1 Å². The van der Waals surface area contributed by atoms with Crippen molar-refractivity contribution >= 4 is 11.0 Å². The van der Waals surface area contributed by atoms with Crippen LogP contribution >= 0.6 is 0 Å². The Morgan fingerprint density at radius 2 is 1.63 bits per heavy atom. The summed E-state index contributed by atoms with van der Waals surface area (Å²) >= 11 is 0. The van der Waals surface area contributed by atoms with Crippen molar-refractivity contribution in [3.05, 3.63) is 65.5 Å². The van der Waals surface area contributed by atoms with Crippen LogP contribution in [0.1, 0.15) is 23.5 Å². The fourth-order valence-electron chi connectivity index (χ4n) is 3.80. The van der Waals surface area contributed by atoms with E-state index >= 15 is 0 Å². The molecule has 1 aliphatic rings.